The molecule has 4 heteroatoms. The highest BCUT2D eigenvalue weighted by Gasteiger charge is 2.20. The van der Waals surface area contributed by atoms with Crippen LogP contribution < -0.4 is 0 Å². The van der Waals surface area contributed by atoms with Crippen molar-refractivity contribution in [3.05, 3.63) is 16.1 Å². The van der Waals surface area contributed by atoms with Crippen molar-refractivity contribution in [3.8, 4) is 0 Å². The molecule has 1 aliphatic heterocycles. The van der Waals surface area contributed by atoms with Crippen molar-refractivity contribution in [1.29, 1.82) is 0 Å². The van der Waals surface area contributed by atoms with Crippen molar-refractivity contribution < 1.29 is 4.79 Å². The molecule has 70 valence electrons. The molecule has 1 aromatic rings. The SMILES string of the molecule is CC1CCn2c(nc(C=O)c2Br)C1. The Bertz CT molecular complexity index is 346. The Morgan fingerprint density at radius 2 is 2.46 bits per heavy atom. The molecule has 0 aliphatic carbocycles. The average Bonchev–Trinajstić information content (AvgIpc) is 2.42. The van der Waals surface area contributed by atoms with E-state index in [0.717, 1.165) is 29.7 Å². The van der Waals surface area contributed by atoms with E-state index in [0.29, 0.717) is 11.6 Å². The van der Waals surface area contributed by atoms with E-state index in [1.54, 1.807) is 0 Å². The summed E-state index contributed by atoms with van der Waals surface area (Å²) in [5, 5.41) is 0. The molecule has 0 radical (unpaired) electrons. The van der Waals surface area contributed by atoms with Crippen LogP contribution in [-0.4, -0.2) is 15.8 Å². The summed E-state index contributed by atoms with van der Waals surface area (Å²) in [6.45, 7) is 3.19. The zero-order valence-electron chi connectivity index (χ0n) is 7.46. The van der Waals surface area contributed by atoms with Gasteiger partial charge in [0.05, 0.1) is 0 Å². The molecule has 1 unspecified atom stereocenters. The van der Waals surface area contributed by atoms with E-state index in [4.69, 9.17) is 0 Å². The number of imidazole rings is 1. The molecule has 0 fully saturated rings. The molecule has 0 saturated heterocycles. The standard InChI is InChI=1S/C9H11BrN2O/c1-6-2-3-12-8(4-6)11-7(5-13)9(12)10/h5-6H,2-4H2,1H3. The lowest BCUT2D eigenvalue weighted by atomic mass is 10.0. The lowest BCUT2D eigenvalue weighted by Crippen LogP contribution is -2.17. The van der Waals surface area contributed by atoms with Crippen molar-refractivity contribution in [2.45, 2.75) is 26.3 Å². The van der Waals surface area contributed by atoms with Gasteiger partial charge in [-0.1, -0.05) is 6.92 Å². The molecule has 0 aromatic carbocycles. The molecule has 13 heavy (non-hydrogen) atoms. The van der Waals surface area contributed by atoms with Gasteiger partial charge in [-0.05, 0) is 28.3 Å². The molecule has 1 aromatic heterocycles. The van der Waals surface area contributed by atoms with Crippen molar-refractivity contribution >= 4 is 22.2 Å². The first-order valence-corrected chi connectivity index (χ1v) is 5.21. The normalized spacial score (nSPS) is 21.2. The molecule has 3 nitrogen and oxygen atoms in total. The van der Waals surface area contributed by atoms with Crippen LogP contribution >= 0.6 is 15.9 Å². The molecule has 0 saturated carbocycles. The van der Waals surface area contributed by atoms with Crippen LogP contribution in [0.3, 0.4) is 0 Å². The first-order valence-electron chi connectivity index (χ1n) is 4.42. The van der Waals surface area contributed by atoms with E-state index < -0.39 is 0 Å². The van der Waals surface area contributed by atoms with E-state index in [2.05, 4.69) is 32.4 Å². The molecule has 1 aliphatic rings. The van der Waals surface area contributed by atoms with E-state index in [1.807, 2.05) is 0 Å². The van der Waals surface area contributed by atoms with Crippen LogP contribution in [-0.2, 0) is 13.0 Å². The molecule has 2 rings (SSSR count). The van der Waals surface area contributed by atoms with Crippen molar-refractivity contribution in [2.75, 3.05) is 0 Å². The van der Waals surface area contributed by atoms with Crippen LogP contribution in [0.25, 0.3) is 0 Å². The third-order valence-electron chi connectivity index (χ3n) is 2.50. The lowest BCUT2D eigenvalue weighted by molar-refractivity contribution is 0.111. The first-order chi connectivity index (χ1) is 6.22. The van der Waals surface area contributed by atoms with Gasteiger partial charge in [-0.25, -0.2) is 4.98 Å². The second-order valence-electron chi connectivity index (χ2n) is 3.57. The summed E-state index contributed by atoms with van der Waals surface area (Å²) in [5.74, 6) is 1.72. The number of halogens is 1. The average molecular weight is 243 g/mol. The van der Waals surface area contributed by atoms with E-state index in [9.17, 15) is 4.79 Å². The van der Waals surface area contributed by atoms with E-state index >= 15 is 0 Å². The Morgan fingerprint density at radius 3 is 3.15 bits per heavy atom. The van der Waals surface area contributed by atoms with Crippen LogP contribution in [0.15, 0.2) is 4.60 Å². The first kappa shape index (κ1) is 8.94. The number of hydrogen-bond acceptors (Lipinski definition) is 2. The Kier molecular flexibility index (Phi) is 2.24. The highest BCUT2D eigenvalue weighted by Crippen LogP contribution is 2.25. The Balaban J connectivity index is 2.45. The molecule has 0 N–H and O–H groups in total. The molecule has 0 amide bonds. The Labute approximate surface area is 85.3 Å². The molecular formula is C9H11BrN2O. The van der Waals surface area contributed by atoms with Crippen LogP contribution in [0.4, 0.5) is 0 Å². The van der Waals surface area contributed by atoms with Gasteiger partial charge in [-0.3, -0.25) is 4.79 Å². The zero-order chi connectivity index (χ0) is 9.42. The number of hydrogen-bond donors (Lipinski definition) is 0. The van der Waals surface area contributed by atoms with Gasteiger partial charge in [-0.2, -0.15) is 0 Å². The number of nitrogens with zero attached hydrogens (tertiary/aromatic N) is 2. The summed E-state index contributed by atoms with van der Waals surface area (Å²) in [6, 6.07) is 0. The number of carbonyl (C=O) groups excluding carboxylic acids is 1. The highest BCUT2D eigenvalue weighted by atomic mass is 79.9. The number of carbonyl (C=O) groups is 1. The van der Waals surface area contributed by atoms with Gasteiger partial charge >= 0.3 is 0 Å². The van der Waals surface area contributed by atoms with Gasteiger partial charge in [0, 0.05) is 13.0 Å². The fourth-order valence-corrected chi connectivity index (χ4v) is 2.28. The van der Waals surface area contributed by atoms with E-state index in [1.165, 1.54) is 6.42 Å². The fraction of sp³-hybridized carbons (Fsp3) is 0.556. The third-order valence-corrected chi connectivity index (χ3v) is 3.33. The van der Waals surface area contributed by atoms with Crippen LogP contribution in [0.2, 0.25) is 0 Å². The highest BCUT2D eigenvalue weighted by molar-refractivity contribution is 9.10. The maximum absolute atomic E-state index is 10.6. The summed E-state index contributed by atoms with van der Waals surface area (Å²) in [7, 11) is 0. The second-order valence-corrected chi connectivity index (χ2v) is 4.32. The smallest absolute Gasteiger partial charge is 0.171 e. The Hall–Kier alpha value is -0.640. The molecule has 1 atom stereocenters. The van der Waals surface area contributed by atoms with Crippen LogP contribution in [0.5, 0.6) is 0 Å². The maximum Gasteiger partial charge on any atom is 0.171 e. The van der Waals surface area contributed by atoms with E-state index in [-0.39, 0.29) is 0 Å². The predicted molar refractivity (Wildman–Crippen MR) is 52.8 cm³/mol. The van der Waals surface area contributed by atoms with Crippen molar-refractivity contribution in [2.24, 2.45) is 5.92 Å². The summed E-state index contributed by atoms with van der Waals surface area (Å²) in [5.41, 5.74) is 0.532. The zero-order valence-corrected chi connectivity index (χ0v) is 9.04. The number of aromatic nitrogens is 2. The van der Waals surface area contributed by atoms with Gasteiger partial charge in [0.15, 0.2) is 6.29 Å². The quantitative estimate of drug-likeness (QED) is 0.707. The summed E-state index contributed by atoms with van der Waals surface area (Å²) in [6.07, 6.45) is 2.95. The predicted octanol–water partition coefficient (Wildman–Crippen LogP) is 2.04. The fourth-order valence-electron chi connectivity index (χ4n) is 1.72. The van der Waals surface area contributed by atoms with Gasteiger partial charge in [0.25, 0.3) is 0 Å². The lowest BCUT2D eigenvalue weighted by Gasteiger charge is -2.19. The monoisotopic (exact) mass is 242 g/mol. The molecular weight excluding hydrogens is 232 g/mol. The molecule has 0 bridgehead atoms. The van der Waals surface area contributed by atoms with Gasteiger partial charge in [-0.15, -0.1) is 0 Å². The molecule has 2 heterocycles. The van der Waals surface area contributed by atoms with Gasteiger partial charge in [0.1, 0.15) is 16.1 Å². The minimum Gasteiger partial charge on any atom is -0.322 e. The molecule has 0 spiro atoms. The second kappa shape index (κ2) is 3.25. The largest absolute Gasteiger partial charge is 0.322 e. The minimum atomic E-state index is 0.532. The van der Waals surface area contributed by atoms with Crippen LogP contribution in [0.1, 0.15) is 29.7 Å². The third kappa shape index (κ3) is 1.43. The van der Waals surface area contributed by atoms with Crippen molar-refractivity contribution in [1.82, 2.24) is 9.55 Å². The number of aldehydes is 1. The minimum absolute atomic E-state index is 0.532. The van der Waals surface area contributed by atoms with Crippen molar-refractivity contribution in [3.63, 3.8) is 0 Å². The maximum atomic E-state index is 10.6. The summed E-state index contributed by atoms with van der Waals surface area (Å²) < 4.78 is 2.92. The summed E-state index contributed by atoms with van der Waals surface area (Å²) >= 11 is 3.39. The van der Waals surface area contributed by atoms with Crippen LogP contribution in [0, 0.1) is 5.92 Å². The van der Waals surface area contributed by atoms with Gasteiger partial charge in [0.2, 0.25) is 0 Å². The summed E-state index contributed by atoms with van der Waals surface area (Å²) in [4.78, 5) is 14.9. The Morgan fingerprint density at radius 1 is 1.69 bits per heavy atom. The topological polar surface area (TPSA) is 34.9 Å². The number of fused-ring (bicyclic) bond motifs is 1. The number of rotatable bonds is 1. The van der Waals surface area contributed by atoms with Gasteiger partial charge < -0.3 is 4.57 Å².